The summed E-state index contributed by atoms with van der Waals surface area (Å²) in [5.74, 6) is 0.249. The Morgan fingerprint density at radius 3 is 2.41 bits per heavy atom. The van der Waals surface area contributed by atoms with Crippen LogP contribution in [-0.4, -0.2) is 46.7 Å². The van der Waals surface area contributed by atoms with Crippen LogP contribution in [0.25, 0.3) is 0 Å². The first kappa shape index (κ1) is 24.4. The molecule has 0 bridgehead atoms. The number of nitrogens with zero attached hydrogens (tertiary/aromatic N) is 3. The Balaban J connectivity index is 0.000000523. The zero-order chi connectivity index (χ0) is 23.4. The first-order valence-corrected chi connectivity index (χ1v) is 11.9. The van der Waals surface area contributed by atoms with E-state index in [1.54, 1.807) is 41.3 Å². The maximum atomic E-state index is 9.19. The van der Waals surface area contributed by atoms with Crippen LogP contribution in [0.15, 0.2) is 55.1 Å². The van der Waals surface area contributed by atoms with Crippen molar-refractivity contribution in [3.63, 3.8) is 0 Å². The fourth-order valence-corrected chi connectivity index (χ4v) is 3.43. The van der Waals surface area contributed by atoms with Crippen molar-refractivity contribution in [1.82, 2.24) is 14.8 Å². The molecule has 0 radical (unpaired) electrons. The molecule has 0 saturated carbocycles. The lowest BCUT2D eigenvalue weighted by molar-refractivity contribution is -0.186. The zero-order valence-electron chi connectivity index (χ0n) is 17.2. The van der Waals surface area contributed by atoms with Crippen LogP contribution in [-0.2, 0) is 31.9 Å². The van der Waals surface area contributed by atoms with Crippen LogP contribution in [0, 0.1) is 0 Å². The van der Waals surface area contributed by atoms with Crippen molar-refractivity contribution in [3.05, 3.63) is 70.7 Å². The summed E-state index contributed by atoms with van der Waals surface area (Å²) < 4.78 is 45.5. The van der Waals surface area contributed by atoms with Crippen LogP contribution in [0.1, 0.15) is 12.5 Å². The number of ether oxygens (including phenoxy) is 3. The molecule has 0 amide bonds. The average Bonchev–Trinajstić information content (AvgIpc) is 3.33. The lowest BCUT2D eigenvalue weighted by Crippen LogP contribution is -2.34. The largest absolute Gasteiger partial charge is 0.457 e. The summed E-state index contributed by atoms with van der Waals surface area (Å²) in [5.41, 5.74) is 0.715. The highest BCUT2D eigenvalue weighted by molar-refractivity contribution is 7.85. The van der Waals surface area contributed by atoms with Crippen molar-refractivity contribution < 1.29 is 27.2 Å². The third-order valence-corrected chi connectivity index (χ3v) is 4.74. The van der Waals surface area contributed by atoms with Gasteiger partial charge in [0.15, 0.2) is 0 Å². The van der Waals surface area contributed by atoms with Gasteiger partial charge in [-0.15, -0.1) is 0 Å². The summed E-state index contributed by atoms with van der Waals surface area (Å²) in [5, 5.41) is 5.28. The summed E-state index contributed by atoms with van der Waals surface area (Å²) >= 11 is 12.5. The molecule has 1 saturated heterocycles. The zero-order valence-corrected chi connectivity index (χ0v) is 19.5. The Morgan fingerprint density at radius 1 is 1.22 bits per heavy atom. The first-order valence-electron chi connectivity index (χ1n) is 9.34. The van der Waals surface area contributed by atoms with E-state index in [0.29, 0.717) is 46.5 Å². The first-order chi connectivity index (χ1) is 15.0. The standard InChI is InChI=1S/C19H17Cl2N3O3.CH4O3S/c1-13-9-25-19(27-13,10-24-12-22-11-23-24)17-7-6-16(8-18(17)21)26-15-4-2-14(20)3-5-15;1-5(2,3)4/h2-8,11-13H,9-10H2,1H3;1H3,(H,2,3,4)/t13-,19-;/m0./s1. The third-order valence-electron chi connectivity index (χ3n) is 4.18. The third kappa shape index (κ3) is 6.89. The molecule has 2 aromatic carbocycles. The molecular weight excluding hydrogens is 481 g/mol. The minimum absolute atomic E-state index is 0.0606. The molecule has 172 valence electrons. The van der Waals surface area contributed by atoms with E-state index in [1.807, 2.05) is 19.1 Å². The second-order valence-corrected chi connectivity index (χ2v) is 9.33. The minimum atomic E-state index is -3.67. The lowest BCUT2D eigenvalue weighted by atomic mass is 10.1. The van der Waals surface area contributed by atoms with E-state index in [0.717, 1.165) is 0 Å². The molecule has 12 heteroatoms. The van der Waals surface area contributed by atoms with Crippen molar-refractivity contribution in [2.24, 2.45) is 0 Å². The Kier molecular flexibility index (Phi) is 7.75. The van der Waals surface area contributed by atoms with Gasteiger partial charge in [0.2, 0.25) is 5.79 Å². The minimum Gasteiger partial charge on any atom is -0.457 e. The quantitative estimate of drug-likeness (QED) is 0.518. The Morgan fingerprint density at radius 2 is 1.88 bits per heavy atom. The van der Waals surface area contributed by atoms with E-state index < -0.39 is 15.9 Å². The van der Waals surface area contributed by atoms with Crippen molar-refractivity contribution in [3.8, 4) is 11.5 Å². The summed E-state index contributed by atoms with van der Waals surface area (Å²) in [6.45, 7) is 2.76. The van der Waals surface area contributed by atoms with Crippen molar-refractivity contribution in [2.75, 3.05) is 12.9 Å². The van der Waals surface area contributed by atoms with Crippen molar-refractivity contribution in [2.45, 2.75) is 25.4 Å². The Bertz CT molecular complexity index is 1130. The normalized spacial score (nSPS) is 20.5. The number of hydrogen-bond acceptors (Lipinski definition) is 7. The van der Waals surface area contributed by atoms with E-state index in [4.69, 9.17) is 42.0 Å². The average molecular weight is 502 g/mol. The van der Waals surface area contributed by atoms with Gasteiger partial charge in [-0.3, -0.25) is 4.55 Å². The molecule has 2 atom stereocenters. The number of rotatable bonds is 5. The molecular formula is C20H21Cl2N3O6S. The van der Waals surface area contributed by atoms with E-state index in [-0.39, 0.29) is 6.10 Å². The molecule has 9 nitrogen and oxygen atoms in total. The van der Waals surface area contributed by atoms with E-state index in [1.165, 1.54) is 6.33 Å². The summed E-state index contributed by atoms with van der Waals surface area (Å²) in [6, 6.07) is 12.5. The molecule has 32 heavy (non-hydrogen) atoms. The maximum Gasteiger partial charge on any atom is 0.261 e. The Labute approximate surface area is 195 Å². The van der Waals surface area contributed by atoms with Gasteiger partial charge in [-0.2, -0.15) is 13.5 Å². The van der Waals surface area contributed by atoms with Gasteiger partial charge >= 0.3 is 0 Å². The highest BCUT2D eigenvalue weighted by atomic mass is 35.5. The van der Waals surface area contributed by atoms with Gasteiger partial charge in [0.25, 0.3) is 10.1 Å². The molecule has 3 aromatic rings. The molecule has 1 aromatic heterocycles. The number of halogens is 2. The predicted octanol–water partition coefficient (Wildman–Crippen LogP) is 4.17. The summed E-state index contributed by atoms with van der Waals surface area (Å²) in [6.07, 6.45) is 3.74. The molecule has 1 fully saturated rings. The second kappa shape index (κ2) is 10.2. The fraction of sp³-hybridized carbons (Fsp3) is 0.300. The van der Waals surface area contributed by atoms with E-state index in [2.05, 4.69) is 10.1 Å². The van der Waals surface area contributed by atoms with Gasteiger partial charge in [-0.1, -0.05) is 23.2 Å². The highest BCUT2D eigenvalue weighted by Gasteiger charge is 2.44. The molecule has 1 aliphatic heterocycles. The summed E-state index contributed by atoms with van der Waals surface area (Å²) in [4.78, 5) is 3.98. The molecule has 1 N–H and O–H groups in total. The molecule has 1 aliphatic rings. The number of benzene rings is 2. The van der Waals surface area contributed by atoms with Gasteiger partial charge in [0.1, 0.15) is 30.7 Å². The highest BCUT2D eigenvalue weighted by Crippen LogP contribution is 2.41. The van der Waals surface area contributed by atoms with Crippen LogP contribution in [0.5, 0.6) is 11.5 Å². The van der Waals surface area contributed by atoms with Crippen LogP contribution >= 0.6 is 23.2 Å². The van der Waals surface area contributed by atoms with Crippen LogP contribution < -0.4 is 4.74 Å². The fourth-order valence-electron chi connectivity index (χ4n) is 2.99. The number of aromatic nitrogens is 3. The van der Waals surface area contributed by atoms with E-state index >= 15 is 0 Å². The van der Waals surface area contributed by atoms with Gasteiger partial charge in [0.05, 0.1) is 24.0 Å². The molecule has 2 heterocycles. The number of hydrogen-bond donors (Lipinski definition) is 1. The molecule has 0 aliphatic carbocycles. The second-order valence-electron chi connectivity index (χ2n) is 7.02. The molecule has 4 rings (SSSR count). The van der Waals surface area contributed by atoms with Crippen LogP contribution in [0.2, 0.25) is 10.0 Å². The van der Waals surface area contributed by atoms with E-state index in [9.17, 15) is 8.42 Å². The lowest BCUT2D eigenvalue weighted by Gasteiger charge is -2.29. The van der Waals surface area contributed by atoms with Gasteiger partial charge < -0.3 is 14.2 Å². The smallest absolute Gasteiger partial charge is 0.261 e. The van der Waals surface area contributed by atoms with Crippen LogP contribution in [0.4, 0.5) is 0 Å². The maximum absolute atomic E-state index is 9.19. The summed E-state index contributed by atoms with van der Waals surface area (Å²) in [7, 11) is -3.67. The molecule has 0 spiro atoms. The van der Waals surface area contributed by atoms with Gasteiger partial charge in [-0.05, 0) is 49.4 Å². The monoisotopic (exact) mass is 501 g/mol. The Hall–Kier alpha value is -2.21. The van der Waals surface area contributed by atoms with Crippen LogP contribution in [0.3, 0.4) is 0 Å². The van der Waals surface area contributed by atoms with Crippen molar-refractivity contribution in [1.29, 1.82) is 0 Å². The van der Waals surface area contributed by atoms with Crippen molar-refractivity contribution >= 4 is 33.3 Å². The topological polar surface area (TPSA) is 113 Å². The molecule has 0 unspecified atom stereocenters. The van der Waals surface area contributed by atoms with Gasteiger partial charge in [0, 0.05) is 10.6 Å². The predicted molar refractivity (Wildman–Crippen MR) is 119 cm³/mol. The van der Waals surface area contributed by atoms with Gasteiger partial charge in [-0.25, -0.2) is 9.67 Å². The SMILES string of the molecule is CS(=O)(=O)O.C[C@H]1CO[C@](Cn2cncn2)(c2ccc(Oc3ccc(Cl)cc3)cc2Cl)O1.